The van der Waals surface area contributed by atoms with Gasteiger partial charge >= 0.3 is 12.3 Å². The van der Waals surface area contributed by atoms with E-state index >= 15 is 0 Å². The molecule has 0 saturated carbocycles. The van der Waals surface area contributed by atoms with Gasteiger partial charge in [0.25, 0.3) is 5.91 Å². The van der Waals surface area contributed by atoms with Crippen molar-refractivity contribution in [3.05, 3.63) is 69.2 Å². The number of benzene rings is 2. The van der Waals surface area contributed by atoms with E-state index in [1.54, 1.807) is 25.2 Å². The molecule has 0 aromatic heterocycles. The van der Waals surface area contributed by atoms with Crippen molar-refractivity contribution in [1.29, 1.82) is 0 Å². The lowest BCUT2D eigenvalue weighted by molar-refractivity contribution is -0.137. The molecule has 1 N–H and O–H groups in total. The van der Waals surface area contributed by atoms with Gasteiger partial charge in [-0.2, -0.15) is 13.2 Å². The van der Waals surface area contributed by atoms with Gasteiger partial charge < -0.3 is 14.9 Å². The van der Waals surface area contributed by atoms with E-state index in [4.69, 9.17) is 23.2 Å². The Morgan fingerprint density at radius 1 is 1.10 bits per heavy atom. The maximum Gasteiger partial charge on any atom is 0.416 e. The summed E-state index contributed by atoms with van der Waals surface area (Å²) in [6, 6.07) is 8.60. The molecule has 2 atom stereocenters. The third-order valence-electron chi connectivity index (χ3n) is 5.50. The number of piperidine rings is 1. The average molecular weight is 475 g/mol. The lowest BCUT2D eigenvalue weighted by Gasteiger charge is -2.42. The molecule has 0 radical (unpaired) electrons. The highest BCUT2D eigenvalue weighted by molar-refractivity contribution is 6.42. The Morgan fingerprint density at radius 3 is 2.29 bits per heavy atom. The molecule has 0 spiro atoms. The molecule has 1 saturated heterocycles. The Bertz CT molecular complexity index is 983. The van der Waals surface area contributed by atoms with Gasteiger partial charge in [0.1, 0.15) is 0 Å². The number of hydrogen-bond donors (Lipinski definition) is 1. The predicted molar refractivity (Wildman–Crippen MR) is 111 cm³/mol. The van der Waals surface area contributed by atoms with E-state index in [-0.39, 0.29) is 30.6 Å². The molecule has 2 aromatic rings. The van der Waals surface area contributed by atoms with Crippen LogP contribution in [0.3, 0.4) is 0 Å². The third-order valence-corrected chi connectivity index (χ3v) is 6.23. The summed E-state index contributed by atoms with van der Waals surface area (Å²) in [5.74, 6) is -0.837. The van der Waals surface area contributed by atoms with Gasteiger partial charge in [0.15, 0.2) is 0 Å². The van der Waals surface area contributed by atoms with Crippen molar-refractivity contribution >= 4 is 35.2 Å². The number of rotatable bonds is 3. The van der Waals surface area contributed by atoms with Crippen LogP contribution >= 0.6 is 23.2 Å². The van der Waals surface area contributed by atoms with Gasteiger partial charge in [-0.3, -0.25) is 4.79 Å². The van der Waals surface area contributed by atoms with Gasteiger partial charge in [-0.05, 0) is 48.4 Å². The Kier molecular flexibility index (Phi) is 6.71. The summed E-state index contributed by atoms with van der Waals surface area (Å²) in [7, 11) is 1.56. The summed E-state index contributed by atoms with van der Waals surface area (Å²) in [6.45, 7) is 0.366. The quantitative estimate of drug-likeness (QED) is 0.627. The van der Waals surface area contributed by atoms with Crippen molar-refractivity contribution in [3.63, 3.8) is 0 Å². The van der Waals surface area contributed by atoms with Gasteiger partial charge in [-0.25, -0.2) is 4.79 Å². The number of likely N-dealkylation sites (N-methyl/N-ethyl adjacent to an activating group) is 1. The smallest absolute Gasteiger partial charge is 0.416 e. The van der Waals surface area contributed by atoms with E-state index in [1.807, 2.05) is 0 Å². The minimum Gasteiger partial charge on any atom is -0.465 e. The standard InChI is InChI=1S/C21H19Cl2F3N2O3/c1-27(19(29)12-2-5-14(6-3-12)21(24,25)26)18-8-9-28(20(30)31)11-15(18)13-4-7-16(22)17(23)10-13/h2-7,10,15,18H,8-9,11H2,1H3,(H,30,31)/t15-,18+/m0/s1. The maximum atomic E-state index is 13.0. The largest absolute Gasteiger partial charge is 0.465 e. The second-order valence-electron chi connectivity index (χ2n) is 7.36. The minimum absolute atomic E-state index is 0.115. The molecule has 31 heavy (non-hydrogen) atoms. The summed E-state index contributed by atoms with van der Waals surface area (Å²) in [5, 5.41) is 10.1. The molecule has 0 bridgehead atoms. The number of carbonyl (C=O) groups excluding carboxylic acids is 1. The zero-order chi connectivity index (χ0) is 22.9. The normalized spacial score (nSPS) is 19.2. The fourth-order valence-electron chi connectivity index (χ4n) is 3.80. The van der Waals surface area contributed by atoms with Crippen LogP contribution in [0.5, 0.6) is 0 Å². The average Bonchev–Trinajstić information content (AvgIpc) is 2.73. The van der Waals surface area contributed by atoms with Crippen LogP contribution in [0.2, 0.25) is 10.0 Å². The molecule has 0 unspecified atom stereocenters. The van der Waals surface area contributed by atoms with Crippen LogP contribution in [-0.4, -0.2) is 53.1 Å². The molecule has 0 aliphatic carbocycles. The van der Waals surface area contributed by atoms with E-state index in [0.29, 0.717) is 16.5 Å². The first kappa shape index (κ1) is 23.2. The van der Waals surface area contributed by atoms with Gasteiger partial charge in [-0.15, -0.1) is 0 Å². The predicted octanol–water partition coefficient (Wildman–Crippen LogP) is 5.62. The lowest BCUT2D eigenvalue weighted by Crippen LogP contribution is -2.51. The molecule has 1 heterocycles. The van der Waals surface area contributed by atoms with Crippen LogP contribution in [0.15, 0.2) is 42.5 Å². The number of nitrogens with zero attached hydrogens (tertiary/aromatic N) is 2. The highest BCUT2D eigenvalue weighted by Crippen LogP contribution is 2.35. The van der Waals surface area contributed by atoms with Crippen molar-refractivity contribution in [2.24, 2.45) is 0 Å². The zero-order valence-electron chi connectivity index (χ0n) is 16.4. The molecule has 5 nitrogen and oxygen atoms in total. The van der Waals surface area contributed by atoms with Gasteiger partial charge in [0.2, 0.25) is 0 Å². The highest BCUT2D eigenvalue weighted by Gasteiger charge is 2.37. The molecule has 2 aromatic carbocycles. The highest BCUT2D eigenvalue weighted by atomic mass is 35.5. The Hall–Kier alpha value is -2.45. The molecule has 1 aliphatic heterocycles. The summed E-state index contributed by atoms with van der Waals surface area (Å²) >= 11 is 12.1. The molecule has 1 fully saturated rings. The number of hydrogen-bond acceptors (Lipinski definition) is 2. The fourth-order valence-corrected chi connectivity index (χ4v) is 4.11. The van der Waals surface area contributed by atoms with E-state index in [2.05, 4.69) is 0 Å². The molecule has 3 rings (SSSR count). The second-order valence-corrected chi connectivity index (χ2v) is 8.17. The van der Waals surface area contributed by atoms with Gasteiger partial charge in [0.05, 0.1) is 15.6 Å². The number of likely N-dealkylation sites (tertiary alicyclic amines) is 1. The summed E-state index contributed by atoms with van der Waals surface area (Å²) < 4.78 is 38.4. The van der Waals surface area contributed by atoms with Crippen LogP contribution in [0, 0.1) is 0 Å². The number of amides is 2. The number of carboxylic acid groups (broad SMARTS) is 1. The van der Waals surface area contributed by atoms with Crippen molar-refractivity contribution in [3.8, 4) is 0 Å². The topological polar surface area (TPSA) is 60.9 Å². The van der Waals surface area contributed by atoms with Crippen molar-refractivity contribution in [2.45, 2.75) is 24.6 Å². The van der Waals surface area contributed by atoms with Crippen LogP contribution in [0.25, 0.3) is 0 Å². The molecular weight excluding hydrogens is 456 g/mol. The number of halogens is 5. The lowest BCUT2D eigenvalue weighted by atomic mass is 9.85. The number of carbonyl (C=O) groups is 2. The van der Waals surface area contributed by atoms with Crippen molar-refractivity contribution < 1.29 is 27.9 Å². The molecule has 10 heteroatoms. The van der Waals surface area contributed by atoms with E-state index in [1.165, 1.54) is 9.80 Å². The molecule has 1 aliphatic rings. The summed E-state index contributed by atoms with van der Waals surface area (Å²) in [6.07, 6.45) is -5.20. The van der Waals surface area contributed by atoms with Gasteiger partial charge in [-0.1, -0.05) is 29.3 Å². The van der Waals surface area contributed by atoms with Crippen LogP contribution < -0.4 is 0 Å². The van der Waals surface area contributed by atoms with Gasteiger partial charge in [0, 0.05) is 37.7 Å². The van der Waals surface area contributed by atoms with E-state index in [9.17, 15) is 27.9 Å². The number of alkyl halides is 3. The van der Waals surface area contributed by atoms with Crippen LogP contribution in [-0.2, 0) is 6.18 Å². The van der Waals surface area contributed by atoms with E-state index < -0.39 is 23.7 Å². The fraction of sp³-hybridized carbons (Fsp3) is 0.333. The summed E-state index contributed by atoms with van der Waals surface area (Å²) in [5.41, 5.74) is -0.00313. The maximum absolute atomic E-state index is 13.0. The minimum atomic E-state index is -4.49. The first-order valence-corrected chi connectivity index (χ1v) is 10.1. The molecule has 166 valence electrons. The Balaban J connectivity index is 1.89. The van der Waals surface area contributed by atoms with Crippen LogP contribution in [0.1, 0.15) is 33.8 Å². The monoisotopic (exact) mass is 474 g/mol. The Labute approximate surface area is 187 Å². The van der Waals surface area contributed by atoms with Crippen molar-refractivity contribution in [2.75, 3.05) is 20.1 Å². The molecule has 2 amide bonds. The SMILES string of the molecule is CN(C(=O)c1ccc(C(F)(F)F)cc1)[C@@H]1CCN(C(=O)O)C[C@H]1c1ccc(Cl)c(Cl)c1. The van der Waals surface area contributed by atoms with Crippen LogP contribution in [0.4, 0.5) is 18.0 Å². The zero-order valence-corrected chi connectivity index (χ0v) is 17.9. The summed E-state index contributed by atoms with van der Waals surface area (Å²) in [4.78, 5) is 27.2. The first-order chi connectivity index (χ1) is 14.5. The first-order valence-electron chi connectivity index (χ1n) is 9.36. The molecular formula is C21H19Cl2F3N2O3. The van der Waals surface area contributed by atoms with E-state index in [0.717, 1.165) is 29.8 Å². The third kappa shape index (κ3) is 5.07. The Morgan fingerprint density at radius 2 is 1.74 bits per heavy atom. The second kappa shape index (κ2) is 8.96. The van der Waals surface area contributed by atoms with Crippen molar-refractivity contribution in [1.82, 2.24) is 9.80 Å².